The summed E-state index contributed by atoms with van der Waals surface area (Å²) in [5, 5.41) is 5.74. The maximum absolute atomic E-state index is 12.3. The van der Waals surface area contributed by atoms with Crippen molar-refractivity contribution >= 4 is 27.7 Å². The number of carbonyl (C=O) groups excluding carboxylic acids is 1. The zero-order chi connectivity index (χ0) is 18.9. The zero-order valence-corrected chi connectivity index (χ0v) is 16.5. The average molecular weight is 419 g/mol. The highest BCUT2D eigenvalue weighted by Crippen LogP contribution is 2.42. The molecule has 1 aliphatic heterocycles. The third-order valence-corrected chi connectivity index (χ3v) is 4.66. The molecular weight excluding hydrogens is 400 g/mol. The van der Waals surface area contributed by atoms with Crippen LogP contribution in [0.3, 0.4) is 0 Å². The Morgan fingerprint density at radius 3 is 2.58 bits per heavy atom. The highest BCUT2D eigenvalue weighted by atomic mass is 79.9. The second kappa shape index (κ2) is 6.99. The summed E-state index contributed by atoms with van der Waals surface area (Å²) in [7, 11) is 3.14. The van der Waals surface area contributed by atoms with Gasteiger partial charge in [-0.25, -0.2) is 0 Å². The van der Waals surface area contributed by atoms with Crippen LogP contribution in [0, 0.1) is 0 Å². The molecule has 0 bridgehead atoms. The first-order valence-electron chi connectivity index (χ1n) is 7.96. The Morgan fingerprint density at radius 1 is 1.19 bits per heavy atom. The van der Waals surface area contributed by atoms with Crippen LogP contribution in [0.4, 0.5) is 0 Å². The second-order valence-corrected chi connectivity index (χ2v) is 6.81. The fourth-order valence-corrected chi connectivity index (χ4v) is 3.30. The molecule has 1 amide bonds. The van der Waals surface area contributed by atoms with Gasteiger partial charge in [0.25, 0.3) is 0 Å². The first-order chi connectivity index (χ1) is 12.4. The Bertz CT molecular complexity index is 884. The highest BCUT2D eigenvalue weighted by molar-refractivity contribution is 9.10. The Hall–Kier alpha value is -2.54. The molecule has 2 aromatic carbocycles. The number of amides is 1. The van der Waals surface area contributed by atoms with E-state index in [-0.39, 0.29) is 5.91 Å². The van der Waals surface area contributed by atoms with E-state index in [4.69, 9.17) is 14.2 Å². The minimum atomic E-state index is -1.14. The molecule has 0 N–H and O–H groups in total. The summed E-state index contributed by atoms with van der Waals surface area (Å²) in [5.74, 6) is 1.32. The van der Waals surface area contributed by atoms with E-state index in [0.29, 0.717) is 23.0 Å². The third-order valence-electron chi connectivity index (χ3n) is 4.17. The molecule has 0 aromatic heterocycles. The van der Waals surface area contributed by atoms with E-state index in [1.54, 1.807) is 33.3 Å². The molecule has 3 rings (SSSR count). The lowest BCUT2D eigenvalue weighted by atomic mass is 10.0. The molecule has 136 valence electrons. The molecule has 1 atom stereocenters. The lowest BCUT2D eigenvalue weighted by Gasteiger charge is -2.32. The standard InChI is InChI=1S/C19H19BrN2O4/c1-12(23)22-19(2,16-9-8-15(24-3)11-17(16)25-4)26-18(21-22)13-6-5-7-14(20)10-13/h5-11H,1-4H3/t19-/m1/s1. The molecule has 0 radical (unpaired) electrons. The van der Waals surface area contributed by atoms with Gasteiger partial charge in [0.05, 0.1) is 19.8 Å². The van der Waals surface area contributed by atoms with Crippen LogP contribution in [0.2, 0.25) is 0 Å². The molecule has 0 unspecified atom stereocenters. The van der Waals surface area contributed by atoms with E-state index >= 15 is 0 Å². The largest absolute Gasteiger partial charge is 0.497 e. The smallest absolute Gasteiger partial charge is 0.243 e. The summed E-state index contributed by atoms with van der Waals surface area (Å²) in [6.45, 7) is 3.23. The van der Waals surface area contributed by atoms with Crippen LogP contribution < -0.4 is 9.47 Å². The van der Waals surface area contributed by atoms with Gasteiger partial charge in [-0.15, -0.1) is 5.10 Å². The number of nitrogens with zero attached hydrogens (tertiary/aromatic N) is 2. The van der Waals surface area contributed by atoms with Gasteiger partial charge in [-0.2, -0.15) is 5.01 Å². The minimum absolute atomic E-state index is 0.240. The van der Waals surface area contributed by atoms with Crippen molar-refractivity contribution in [2.45, 2.75) is 19.6 Å². The molecule has 26 heavy (non-hydrogen) atoms. The van der Waals surface area contributed by atoms with Crippen LogP contribution in [0.1, 0.15) is 25.0 Å². The molecule has 7 heteroatoms. The number of hydrazone groups is 1. The predicted octanol–water partition coefficient (Wildman–Crippen LogP) is 3.88. The number of hydrogen-bond acceptors (Lipinski definition) is 5. The van der Waals surface area contributed by atoms with Crippen molar-refractivity contribution in [3.8, 4) is 11.5 Å². The maximum atomic E-state index is 12.3. The molecule has 0 fully saturated rings. The van der Waals surface area contributed by atoms with Crippen LogP contribution in [0.15, 0.2) is 52.0 Å². The van der Waals surface area contributed by atoms with E-state index in [0.717, 1.165) is 10.0 Å². The summed E-state index contributed by atoms with van der Waals surface area (Å²) in [6, 6.07) is 12.9. The number of benzene rings is 2. The first-order valence-corrected chi connectivity index (χ1v) is 8.75. The number of ether oxygens (including phenoxy) is 3. The molecule has 0 saturated carbocycles. The summed E-state index contributed by atoms with van der Waals surface area (Å²) in [6.07, 6.45) is 0. The van der Waals surface area contributed by atoms with E-state index < -0.39 is 5.72 Å². The van der Waals surface area contributed by atoms with Gasteiger partial charge < -0.3 is 14.2 Å². The fraction of sp³-hybridized carbons (Fsp3) is 0.263. The molecule has 0 aliphatic carbocycles. The van der Waals surface area contributed by atoms with Crippen molar-refractivity contribution in [1.82, 2.24) is 5.01 Å². The molecule has 1 heterocycles. The first kappa shape index (κ1) is 18.3. The molecule has 2 aromatic rings. The number of carbonyl (C=O) groups is 1. The summed E-state index contributed by atoms with van der Waals surface area (Å²) in [4.78, 5) is 12.3. The van der Waals surface area contributed by atoms with Crippen molar-refractivity contribution in [3.63, 3.8) is 0 Å². The van der Waals surface area contributed by atoms with Gasteiger partial charge >= 0.3 is 0 Å². The summed E-state index contributed by atoms with van der Waals surface area (Å²) >= 11 is 3.44. The van der Waals surface area contributed by atoms with Crippen LogP contribution in [0.25, 0.3) is 0 Å². The Kier molecular flexibility index (Phi) is 4.91. The Labute approximate surface area is 160 Å². The normalized spacial score (nSPS) is 19.0. The zero-order valence-electron chi connectivity index (χ0n) is 14.9. The van der Waals surface area contributed by atoms with Crippen molar-refractivity contribution in [2.24, 2.45) is 5.10 Å². The van der Waals surface area contributed by atoms with Gasteiger partial charge in [0.1, 0.15) is 11.5 Å². The lowest BCUT2D eigenvalue weighted by molar-refractivity contribution is -0.146. The molecule has 0 spiro atoms. The van der Waals surface area contributed by atoms with Gasteiger partial charge in [-0.05, 0) is 30.3 Å². The number of halogens is 1. The number of rotatable bonds is 4. The van der Waals surface area contributed by atoms with E-state index in [1.807, 2.05) is 30.3 Å². The SMILES string of the molecule is COc1ccc([C@@]2(C)OC(c3cccc(Br)c3)=NN2C(C)=O)c(OC)c1. The average Bonchev–Trinajstić information content (AvgIpc) is 3.00. The summed E-state index contributed by atoms with van der Waals surface area (Å²) < 4.78 is 17.8. The fourth-order valence-electron chi connectivity index (χ4n) is 2.90. The van der Waals surface area contributed by atoms with E-state index in [2.05, 4.69) is 21.0 Å². The quantitative estimate of drug-likeness (QED) is 0.755. The van der Waals surface area contributed by atoms with Crippen LogP contribution in [0.5, 0.6) is 11.5 Å². The van der Waals surface area contributed by atoms with E-state index in [9.17, 15) is 4.79 Å². The van der Waals surface area contributed by atoms with Gasteiger partial charge in [-0.1, -0.05) is 22.0 Å². The topological polar surface area (TPSA) is 60.4 Å². The number of hydrogen-bond donors (Lipinski definition) is 0. The van der Waals surface area contributed by atoms with Crippen molar-refractivity contribution in [2.75, 3.05) is 14.2 Å². The molecule has 1 aliphatic rings. The van der Waals surface area contributed by atoms with Gasteiger partial charge in [0, 0.05) is 30.0 Å². The maximum Gasteiger partial charge on any atom is 0.243 e. The van der Waals surface area contributed by atoms with Crippen LogP contribution >= 0.6 is 15.9 Å². The van der Waals surface area contributed by atoms with Crippen molar-refractivity contribution in [3.05, 3.63) is 58.1 Å². The Morgan fingerprint density at radius 2 is 1.96 bits per heavy atom. The molecular formula is C19H19BrN2O4. The number of methoxy groups -OCH3 is 2. The highest BCUT2D eigenvalue weighted by Gasteiger charge is 2.46. The van der Waals surface area contributed by atoms with Crippen LogP contribution in [-0.4, -0.2) is 31.0 Å². The van der Waals surface area contributed by atoms with Gasteiger partial charge in [0.2, 0.25) is 17.5 Å². The van der Waals surface area contributed by atoms with Crippen molar-refractivity contribution < 1.29 is 19.0 Å². The van der Waals surface area contributed by atoms with Gasteiger partial charge in [0.15, 0.2) is 0 Å². The molecule has 0 saturated heterocycles. The predicted molar refractivity (Wildman–Crippen MR) is 101 cm³/mol. The molecule has 6 nitrogen and oxygen atoms in total. The monoisotopic (exact) mass is 418 g/mol. The van der Waals surface area contributed by atoms with Gasteiger partial charge in [-0.3, -0.25) is 4.79 Å². The van der Waals surface area contributed by atoms with E-state index in [1.165, 1.54) is 11.9 Å². The van der Waals surface area contributed by atoms with Crippen LogP contribution in [-0.2, 0) is 15.3 Å². The lowest BCUT2D eigenvalue weighted by Crippen LogP contribution is -2.41. The minimum Gasteiger partial charge on any atom is -0.497 e. The third kappa shape index (κ3) is 3.14. The Balaban J connectivity index is 2.08. The van der Waals surface area contributed by atoms with Crippen molar-refractivity contribution in [1.29, 1.82) is 0 Å². The second-order valence-electron chi connectivity index (χ2n) is 5.90. The summed E-state index contributed by atoms with van der Waals surface area (Å²) in [5.41, 5.74) is 0.299.